The predicted molar refractivity (Wildman–Crippen MR) is 54.1 cm³/mol. The summed E-state index contributed by atoms with van der Waals surface area (Å²) in [6, 6.07) is 0.313. The Hall–Kier alpha value is -1.17. The first-order chi connectivity index (χ1) is 6.68. The SMILES string of the molecule is CC1CCCN1C(=O)c1nnc(N)s1. The zero-order valence-electron chi connectivity index (χ0n) is 7.93. The second kappa shape index (κ2) is 3.53. The lowest BCUT2D eigenvalue weighted by atomic mass is 10.2. The molecule has 1 amide bonds. The highest BCUT2D eigenvalue weighted by molar-refractivity contribution is 7.16. The second-order valence-electron chi connectivity index (χ2n) is 3.44. The molecule has 6 heteroatoms. The standard InChI is InChI=1S/C8H12N4OS/c1-5-3-2-4-12(5)7(13)6-10-11-8(9)14-6/h5H,2-4H2,1H3,(H2,9,11). The number of nitrogens with zero attached hydrogens (tertiary/aromatic N) is 3. The van der Waals surface area contributed by atoms with Gasteiger partial charge in [-0.05, 0) is 19.8 Å². The summed E-state index contributed by atoms with van der Waals surface area (Å²) in [6.07, 6.45) is 2.14. The molecule has 76 valence electrons. The van der Waals surface area contributed by atoms with Gasteiger partial charge in [-0.1, -0.05) is 11.3 Å². The molecule has 1 unspecified atom stereocenters. The van der Waals surface area contributed by atoms with Gasteiger partial charge in [0.1, 0.15) is 0 Å². The van der Waals surface area contributed by atoms with Crippen molar-refractivity contribution >= 4 is 22.4 Å². The zero-order chi connectivity index (χ0) is 10.1. The normalized spacial score (nSPS) is 21.5. The molecule has 1 aliphatic rings. The monoisotopic (exact) mass is 212 g/mol. The Labute approximate surface area is 85.9 Å². The number of nitrogen functional groups attached to an aromatic ring is 1. The number of likely N-dealkylation sites (tertiary alicyclic amines) is 1. The smallest absolute Gasteiger partial charge is 0.285 e. The van der Waals surface area contributed by atoms with Crippen molar-refractivity contribution in [2.45, 2.75) is 25.8 Å². The molecule has 1 atom stereocenters. The van der Waals surface area contributed by atoms with Crippen molar-refractivity contribution in [3.8, 4) is 0 Å². The molecule has 0 bridgehead atoms. The van der Waals surface area contributed by atoms with Gasteiger partial charge in [0.05, 0.1) is 0 Å². The molecule has 0 aromatic carbocycles. The molecule has 14 heavy (non-hydrogen) atoms. The summed E-state index contributed by atoms with van der Waals surface area (Å²) >= 11 is 1.15. The summed E-state index contributed by atoms with van der Waals surface area (Å²) in [4.78, 5) is 13.7. The van der Waals surface area contributed by atoms with E-state index in [1.165, 1.54) is 0 Å². The van der Waals surface area contributed by atoms with Crippen LogP contribution in [0.25, 0.3) is 0 Å². The van der Waals surface area contributed by atoms with E-state index in [1.54, 1.807) is 0 Å². The number of carbonyl (C=O) groups is 1. The van der Waals surface area contributed by atoms with Crippen LogP contribution in [0.1, 0.15) is 29.6 Å². The van der Waals surface area contributed by atoms with Crippen LogP contribution in [0.5, 0.6) is 0 Å². The molecule has 0 aliphatic carbocycles. The van der Waals surface area contributed by atoms with Crippen molar-refractivity contribution < 1.29 is 4.79 Å². The number of amides is 1. The van der Waals surface area contributed by atoms with E-state index in [0.717, 1.165) is 30.7 Å². The Balaban J connectivity index is 2.15. The van der Waals surface area contributed by atoms with E-state index >= 15 is 0 Å². The van der Waals surface area contributed by atoms with Gasteiger partial charge in [0.15, 0.2) is 0 Å². The lowest BCUT2D eigenvalue weighted by Crippen LogP contribution is -2.33. The molecule has 1 fully saturated rings. The van der Waals surface area contributed by atoms with Crippen LogP contribution in [0.3, 0.4) is 0 Å². The molecule has 0 spiro atoms. The number of carbonyl (C=O) groups excluding carboxylic acids is 1. The fraction of sp³-hybridized carbons (Fsp3) is 0.625. The van der Waals surface area contributed by atoms with Gasteiger partial charge in [-0.25, -0.2) is 0 Å². The molecule has 2 rings (SSSR count). The van der Waals surface area contributed by atoms with Crippen molar-refractivity contribution in [1.29, 1.82) is 0 Å². The third kappa shape index (κ3) is 1.57. The molecular formula is C8H12N4OS. The number of anilines is 1. The molecule has 2 heterocycles. The van der Waals surface area contributed by atoms with Gasteiger partial charge >= 0.3 is 0 Å². The van der Waals surface area contributed by atoms with E-state index in [1.807, 2.05) is 4.90 Å². The van der Waals surface area contributed by atoms with Crippen molar-refractivity contribution in [3.05, 3.63) is 5.01 Å². The Morgan fingerprint density at radius 2 is 2.43 bits per heavy atom. The second-order valence-corrected chi connectivity index (χ2v) is 4.44. The maximum absolute atomic E-state index is 11.8. The molecular weight excluding hydrogens is 200 g/mol. The number of rotatable bonds is 1. The quantitative estimate of drug-likeness (QED) is 0.745. The topological polar surface area (TPSA) is 72.1 Å². The summed E-state index contributed by atoms with van der Waals surface area (Å²) < 4.78 is 0. The zero-order valence-corrected chi connectivity index (χ0v) is 8.75. The lowest BCUT2D eigenvalue weighted by molar-refractivity contribution is 0.0746. The van der Waals surface area contributed by atoms with Gasteiger partial charge in [-0.15, -0.1) is 10.2 Å². The van der Waals surface area contributed by atoms with Crippen molar-refractivity contribution in [1.82, 2.24) is 15.1 Å². The molecule has 1 aromatic heterocycles. The van der Waals surface area contributed by atoms with Crippen LogP contribution in [-0.4, -0.2) is 33.6 Å². The molecule has 1 saturated heterocycles. The third-order valence-corrected chi connectivity index (χ3v) is 3.18. The molecule has 1 aromatic rings. The van der Waals surface area contributed by atoms with E-state index in [9.17, 15) is 4.79 Å². The fourth-order valence-electron chi connectivity index (χ4n) is 1.68. The highest BCUT2D eigenvalue weighted by atomic mass is 32.1. The lowest BCUT2D eigenvalue weighted by Gasteiger charge is -2.19. The van der Waals surface area contributed by atoms with Crippen LogP contribution in [0.4, 0.5) is 5.13 Å². The number of hydrogen-bond acceptors (Lipinski definition) is 5. The molecule has 0 radical (unpaired) electrons. The van der Waals surface area contributed by atoms with Crippen LogP contribution < -0.4 is 5.73 Å². The van der Waals surface area contributed by atoms with Gasteiger partial charge in [-0.2, -0.15) is 0 Å². The fourth-order valence-corrected chi connectivity index (χ4v) is 2.24. The minimum atomic E-state index is -0.0378. The highest BCUT2D eigenvalue weighted by Crippen LogP contribution is 2.21. The van der Waals surface area contributed by atoms with Crippen molar-refractivity contribution in [2.75, 3.05) is 12.3 Å². The summed E-state index contributed by atoms with van der Waals surface area (Å²) in [5.41, 5.74) is 5.42. The molecule has 1 aliphatic heterocycles. The van der Waals surface area contributed by atoms with E-state index in [0.29, 0.717) is 16.2 Å². The largest absolute Gasteiger partial charge is 0.374 e. The van der Waals surface area contributed by atoms with Gasteiger partial charge in [-0.3, -0.25) is 4.79 Å². The van der Waals surface area contributed by atoms with Crippen LogP contribution in [0.2, 0.25) is 0 Å². The third-order valence-electron chi connectivity index (χ3n) is 2.44. The van der Waals surface area contributed by atoms with Crippen LogP contribution in [0, 0.1) is 0 Å². The summed E-state index contributed by atoms with van der Waals surface area (Å²) in [5.74, 6) is -0.0378. The summed E-state index contributed by atoms with van der Waals surface area (Å²) in [6.45, 7) is 2.87. The van der Waals surface area contributed by atoms with Crippen LogP contribution in [0.15, 0.2) is 0 Å². The van der Waals surface area contributed by atoms with Gasteiger partial charge in [0.25, 0.3) is 5.91 Å². The first-order valence-corrected chi connectivity index (χ1v) is 5.40. The summed E-state index contributed by atoms with van der Waals surface area (Å²) in [5, 5.41) is 8.13. The van der Waals surface area contributed by atoms with E-state index in [4.69, 9.17) is 5.73 Å². The van der Waals surface area contributed by atoms with Gasteiger partial charge < -0.3 is 10.6 Å². The van der Waals surface area contributed by atoms with Gasteiger partial charge in [0.2, 0.25) is 10.1 Å². The first-order valence-electron chi connectivity index (χ1n) is 4.58. The van der Waals surface area contributed by atoms with Crippen LogP contribution in [-0.2, 0) is 0 Å². The minimum absolute atomic E-state index is 0.0378. The molecule has 0 saturated carbocycles. The van der Waals surface area contributed by atoms with E-state index < -0.39 is 0 Å². The average Bonchev–Trinajstić information content (AvgIpc) is 2.73. The maximum atomic E-state index is 11.8. The Kier molecular flexibility index (Phi) is 2.37. The van der Waals surface area contributed by atoms with Crippen molar-refractivity contribution in [2.24, 2.45) is 0 Å². The number of nitrogens with two attached hydrogens (primary N) is 1. The van der Waals surface area contributed by atoms with Gasteiger partial charge in [0, 0.05) is 12.6 Å². The Bertz CT molecular complexity index is 351. The minimum Gasteiger partial charge on any atom is -0.374 e. The van der Waals surface area contributed by atoms with E-state index in [-0.39, 0.29) is 5.91 Å². The first kappa shape index (κ1) is 9.39. The van der Waals surface area contributed by atoms with Crippen LogP contribution >= 0.6 is 11.3 Å². The highest BCUT2D eigenvalue weighted by Gasteiger charge is 2.28. The maximum Gasteiger partial charge on any atom is 0.285 e. The Morgan fingerprint density at radius 3 is 2.93 bits per heavy atom. The van der Waals surface area contributed by atoms with Crippen molar-refractivity contribution in [3.63, 3.8) is 0 Å². The number of hydrogen-bond donors (Lipinski definition) is 1. The summed E-state index contributed by atoms with van der Waals surface area (Å²) in [7, 11) is 0. The van der Waals surface area contributed by atoms with E-state index in [2.05, 4.69) is 17.1 Å². The predicted octanol–water partition coefficient (Wildman–Crippen LogP) is 0.745. The Morgan fingerprint density at radius 1 is 1.64 bits per heavy atom. The molecule has 5 nitrogen and oxygen atoms in total. The number of aromatic nitrogens is 2. The molecule has 2 N–H and O–H groups in total. The average molecular weight is 212 g/mol.